The number of nitrogens with one attached hydrogen (secondary N) is 2. The highest BCUT2D eigenvalue weighted by Gasteiger charge is 2.22. The van der Waals surface area contributed by atoms with Crippen molar-refractivity contribution in [2.75, 3.05) is 25.2 Å². The maximum absolute atomic E-state index is 12.8. The molecule has 0 heterocycles. The molecule has 2 aromatic carbocycles. The Labute approximate surface area is 187 Å². The molecule has 0 unspecified atom stereocenters. The molecule has 0 aromatic heterocycles. The fourth-order valence-electron chi connectivity index (χ4n) is 3.74. The lowest BCUT2D eigenvalue weighted by Crippen LogP contribution is -2.39. The highest BCUT2D eigenvalue weighted by atomic mass is 32.2. The average molecular weight is 440 g/mol. The van der Waals surface area contributed by atoms with Gasteiger partial charge in [-0.05, 0) is 49.2 Å². The first-order valence-electron chi connectivity index (χ1n) is 10.6. The fourth-order valence-corrected chi connectivity index (χ4v) is 4.71. The molecule has 0 radical (unpaired) electrons. The zero-order valence-corrected chi connectivity index (χ0v) is 18.8. The summed E-state index contributed by atoms with van der Waals surface area (Å²) in [6.45, 7) is 0. The molecular formula is C24H29N3O3S. The molecule has 6 nitrogen and oxygen atoms in total. The summed E-state index contributed by atoms with van der Waals surface area (Å²) in [6, 6.07) is 14.3. The maximum Gasteiger partial charge on any atom is 0.256 e. The highest BCUT2D eigenvalue weighted by Crippen LogP contribution is 2.26. The van der Waals surface area contributed by atoms with Crippen molar-refractivity contribution in [1.82, 2.24) is 10.2 Å². The SMILES string of the molecule is CNC(=O)c1ccc(NC(=O)c2ccccc2SCC(=O)N(C)C2CCCCC2)cc1. The zero-order chi connectivity index (χ0) is 22.2. The third-order valence-corrected chi connectivity index (χ3v) is 6.69. The minimum Gasteiger partial charge on any atom is -0.355 e. The van der Waals surface area contributed by atoms with Crippen molar-refractivity contribution in [1.29, 1.82) is 0 Å². The van der Waals surface area contributed by atoms with E-state index in [1.54, 1.807) is 37.4 Å². The number of benzene rings is 2. The molecule has 7 heteroatoms. The summed E-state index contributed by atoms with van der Waals surface area (Å²) in [6.07, 6.45) is 5.77. The number of amides is 3. The van der Waals surface area contributed by atoms with Gasteiger partial charge in [-0.3, -0.25) is 14.4 Å². The first-order chi connectivity index (χ1) is 15.0. The van der Waals surface area contributed by atoms with Crippen molar-refractivity contribution in [3.8, 4) is 0 Å². The summed E-state index contributed by atoms with van der Waals surface area (Å²) in [5.41, 5.74) is 1.65. The van der Waals surface area contributed by atoms with Crippen molar-refractivity contribution in [2.24, 2.45) is 0 Å². The second kappa shape index (κ2) is 11.0. The highest BCUT2D eigenvalue weighted by molar-refractivity contribution is 8.00. The average Bonchev–Trinajstić information content (AvgIpc) is 2.82. The van der Waals surface area contributed by atoms with Crippen LogP contribution in [0.15, 0.2) is 53.4 Å². The van der Waals surface area contributed by atoms with Crippen LogP contribution in [0.3, 0.4) is 0 Å². The van der Waals surface area contributed by atoms with Crippen LogP contribution in [0.4, 0.5) is 5.69 Å². The van der Waals surface area contributed by atoms with Crippen LogP contribution in [0.1, 0.15) is 52.8 Å². The normalized spacial score (nSPS) is 14.0. The van der Waals surface area contributed by atoms with Crippen LogP contribution in [0, 0.1) is 0 Å². The number of nitrogens with zero attached hydrogens (tertiary/aromatic N) is 1. The summed E-state index contributed by atoms with van der Waals surface area (Å²) in [4.78, 5) is 39.8. The molecule has 0 saturated heterocycles. The van der Waals surface area contributed by atoms with E-state index < -0.39 is 0 Å². The van der Waals surface area contributed by atoms with E-state index >= 15 is 0 Å². The van der Waals surface area contributed by atoms with Crippen molar-refractivity contribution < 1.29 is 14.4 Å². The lowest BCUT2D eigenvalue weighted by molar-refractivity contribution is -0.129. The Kier molecular flexibility index (Phi) is 8.12. The van der Waals surface area contributed by atoms with Gasteiger partial charge < -0.3 is 15.5 Å². The predicted molar refractivity (Wildman–Crippen MR) is 125 cm³/mol. The number of rotatable bonds is 7. The molecule has 31 heavy (non-hydrogen) atoms. The van der Waals surface area contributed by atoms with Crippen molar-refractivity contribution in [2.45, 2.75) is 43.0 Å². The van der Waals surface area contributed by atoms with E-state index in [2.05, 4.69) is 10.6 Å². The summed E-state index contributed by atoms with van der Waals surface area (Å²) in [5, 5.41) is 5.43. The summed E-state index contributed by atoms with van der Waals surface area (Å²) >= 11 is 1.39. The molecule has 1 fully saturated rings. The zero-order valence-electron chi connectivity index (χ0n) is 18.0. The molecule has 0 bridgehead atoms. The number of hydrogen-bond donors (Lipinski definition) is 2. The lowest BCUT2D eigenvalue weighted by atomic mass is 9.94. The molecular weight excluding hydrogens is 410 g/mol. The van der Waals surface area contributed by atoms with E-state index in [1.807, 2.05) is 30.1 Å². The van der Waals surface area contributed by atoms with Gasteiger partial charge in [0.2, 0.25) is 5.91 Å². The van der Waals surface area contributed by atoms with Crippen LogP contribution < -0.4 is 10.6 Å². The Bertz CT molecular complexity index is 924. The lowest BCUT2D eigenvalue weighted by Gasteiger charge is -2.31. The smallest absolute Gasteiger partial charge is 0.256 e. The van der Waals surface area contributed by atoms with Crippen molar-refractivity contribution >= 4 is 35.2 Å². The van der Waals surface area contributed by atoms with Crippen LogP contribution in [0.5, 0.6) is 0 Å². The Balaban J connectivity index is 1.62. The van der Waals surface area contributed by atoms with E-state index in [-0.39, 0.29) is 17.7 Å². The largest absolute Gasteiger partial charge is 0.355 e. The second-order valence-electron chi connectivity index (χ2n) is 7.69. The topological polar surface area (TPSA) is 78.5 Å². The van der Waals surface area contributed by atoms with Crippen LogP contribution in [0.25, 0.3) is 0 Å². The van der Waals surface area contributed by atoms with Crippen LogP contribution >= 0.6 is 11.8 Å². The molecule has 1 saturated carbocycles. The number of anilines is 1. The molecule has 0 spiro atoms. The molecule has 2 aromatic rings. The van der Waals surface area contributed by atoms with Crippen LogP contribution in [-0.4, -0.2) is 48.5 Å². The third kappa shape index (κ3) is 6.10. The standard InChI is InChI=1S/C24H29N3O3S/c1-25-23(29)17-12-14-18(15-13-17)26-24(30)20-10-6-7-11-21(20)31-16-22(28)27(2)19-8-4-3-5-9-19/h6-7,10-15,19H,3-5,8-9,16H2,1-2H3,(H,25,29)(H,26,30). The van der Waals surface area contributed by atoms with Gasteiger partial charge in [-0.25, -0.2) is 0 Å². The van der Waals surface area contributed by atoms with Gasteiger partial charge in [0.25, 0.3) is 11.8 Å². The Morgan fingerprint density at radius 3 is 2.32 bits per heavy atom. The van der Waals surface area contributed by atoms with Crippen LogP contribution in [-0.2, 0) is 4.79 Å². The number of carbonyl (C=O) groups excluding carboxylic acids is 3. The molecule has 3 rings (SSSR count). The number of thioether (sulfide) groups is 1. The van der Waals surface area contributed by atoms with Gasteiger partial charge in [0.15, 0.2) is 0 Å². The Morgan fingerprint density at radius 2 is 1.65 bits per heavy atom. The first kappa shape index (κ1) is 22.9. The molecule has 0 aliphatic heterocycles. The number of hydrogen-bond acceptors (Lipinski definition) is 4. The van der Waals surface area contributed by atoms with Gasteiger partial charge in [-0.1, -0.05) is 31.4 Å². The molecule has 0 atom stereocenters. The monoisotopic (exact) mass is 439 g/mol. The molecule has 164 valence electrons. The van der Waals surface area contributed by atoms with E-state index in [0.717, 1.165) is 17.7 Å². The molecule has 1 aliphatic carbocycles. The fraction of sp³-hybridized carbons (Fsp3) is 0.375. The van der Waals surface area contributed by atoms with Gasteiger partial charge in [-0.15, -0.1) is 11.8 Å². The Hall–Kier alpha value is -2.80. The number of carbonyl (C=O) groups is 3. The molecule has 2 N–H and O–H groups in total. The Morgan fingerprint density at radius 1 is 0.968 bits per heavy atom. The van der Waals surface area contributed by atoms with Gasteiger partial charge in [-0.2, -0.15) is 0 Å². The van der Waals surface area contributed by atoms with E-state index in [9.17, 15) is 14.4 Å². The van der Waals surface area contributed by atoms with Gasteiger partial charge in [0.1, 0.15) is 0 Å². The molecule has 1 aliphatic rings. The van der Waals surface area contributed by atoms with E-state index in [0.29, 0.717) is 28.6 Å². The third-order valence-electron chi connectivity index (χ3n) is 5.63. The van der Waals surface area contributed by atoms with E-state index in [1.165, 1.54) is 31.0 Å². The van der Waals surface area contributed by atoms with Gasteiger partial charge in [0, 0.05) is 36.3 Å². The first-order valence-corrected chi connectivity index (χ1v) is 11.6. The summed E-state index contributed by atoms with van der Waals surface area (Å²) < 4.78 is 0. The minimum absolute atomic E-state index is 0.0944. The van der Waals surface area contributed by atoms with Gasteiger partial charge in [0.05, 0.1) is 11.3 Å². The van der Waals surface area contributed by atoms with Crippen LogP contribution in [0.2, 0.25) is 0 Å². The van der Waals surface area contributed by atoms with Crippen molar-refractivity contribution in [3.63, 3.8) is 0 Å². The maximum atomic E-state index is 12.8. The molecule has 3 amide bonds. The predicted octanol–water partition coefficient (Wildman–Crippen LogP) is 4.18. The van der Waals surface area contributed by atoms with E-state index in [4.69, 9.17) is 0 Å². The quantitative estimate of drug-likeness (QED) is 0.635. The summed E-state index contributed by atoms with van der Waals surface area (Å²) in [5.74, 6) is -0.0266. The van der Waals surface area contributed by atoms with Crippen molar-refractivity contribution in [3.05, 3.63) is 59.7 Å². The van der Waals surface area contributed by atoms with Gasteiger partial charge >= 0.3 is 0 Å². The second-order valence-corrected chi connectivity index (χ2v) is 8.71. The minimum atomic E-state index is -0.246. The summed E-state index contributed by atoms with van der Waals surface area (Å²) in [7, 11) is 3.46.